The molecule has 1 saturated heterocycles. The van der Waals surface area contributed by atoms with Crippen molar-refractivity contribution in [2.75, 3.05) is 6.54 Å². The molecule has 1 amide bonds. The Hall–Kier alpha value is -2.62. The van der Waals surface area contributed by atoms with Crippen LogP contribution in [-0.2, 0) is 0 Å². The lowest BCUT2D eigenvalue weighted by Gasteiger charge is -2.36. The number of carbonyl (C=O) groups is 1. The Kier molecular flexibility index (Phi) is 3.81. The Morgan fingerprint density at radius 1 is 1.25 bits per heavy atom. The number of aryl methyl sites for hydroxylation is 1. The standard InChI is InChI=1S/C20H20N2O2/c1-14-12-15-6-4-8-17(19(15)24-14)20(23)22-11-3-2-9-18(22)16-7-5-10-21-13-16/h4-8,10,12-13,18H,2-3,9,11H2,1H3/t18-/m0/s1. The summed E-state index contributed by atoms with van der Waals surface area (Å²) in [5, 5.41) is 0.980. The Morgan fingerprint density at radius 3 is 3.00 bits per heavy atom. The van der Waals surface area contributed by atoms with E-state index in [0.717, 1.165) is 42.5 Å². The molecular weight excluding hydrogens is 300 g/mol. The van der Waals surface area contributed by atoms with Crippen LogP contribution in [0.2, 0.25) is 0 Å². The third-order valence-electron chi connectivity index (χ3n) is 4.73. The number of furan rings is 1. The number of carbonyl (C=O) groups excluding carboxylic acids is 1. The lowest BCUT2D eigenvalue weighted by molar-refractivity contribution is 0.0612. The largest absolute Gasteiger partial charge is 0.461 e. The monoisotopic (exact) mass is 320 g/mol. The average Bonchev–Trinajstić information content (AvgIpc) is 3.02. The molecule has 1 aliphatic rings. The van der Waals surface area contributed by atoms with Crippen LogP contribution in [-0.4, -0.2) is 22.3 Å². The number of hydrogen-bond acceptors (Lipinski definition) is 3. The van der Waals surface area contributed by atoms with Gasteiger partial charge in [-0.25, -0.2) is 0 Å². The van der Waals surface area contributed by atoms with E-state index >= 15 is 0 Å². The molecule has 1 fully saturated rings. The Labute approximate surface area is 141 Å². The summed E-state index contributed by atoms with van der Waals surface area (Å²) in [6, 6.07) is 11.8. The van der Waals surface area contributed by atoms with Crippen molar-refractivity contribution in [3.8, 4) is 0 Å². The van der Waals surface area contributed by atoms with E-state index in [-0.39, 0.29) is 11.9 Å². The molecule has 122 valence electrons. The van der Waals surface area contributed by atoms with Crippen molar-refractivity contribution < 1.29 is 9.21 Å². The zero-order chi connectivity index (χ0) is 16.5. The number of likely N-dealkylation sites (tertiary alicyclic amines) is 1. The Balaban J connectivity index is 1.73. The quantitative estimate of drug-likeness (QED) is 0.698. The molecule has 4 heteroatoms. The highest BCUT2D eigenvalue weighted by Gasteiger charge is 2.30. The van der Waals surface area contributed by atoms with Crippen molar-refractivity contribution >= 4 is 16.9 Å². The van der Waals surface area contributed by atoms with Crippen molar-refractivity contribution in [1.29, 1.82) is 0 Å². The summed E-state index contributed by atoms with van der Waals surface area (Å²) < 4.78 is 5.79. The van der Waals surface area contributed by atoms with E-state index in [1.54, 1.807) is 6.20 Å². The first kappa shape index (κ1) is 14.9. The van der Waals surface area contributed by atoms with Crippen LogP contribution in [0.1, 0.15) is 47.0 Å². The maximum atomic E-state index is 13.3. The van der Waals surface area contributed by atoms with Crippen molar-refractivity contribution in [3.05, 3.63) is 65.7 Å². The van der Waals surface area contributed by atoms with Gasteiger partial charge >= 0.3 is 0 Å². The summed E-state index contributed by atoms with van der Waals surface area (Å²) in [5.74, 6) is 0.871. The van der Waals surface area contributed by atoms with Crippen LogP contribution in [0.3, 0.4) is 0 Å². The van der Waals surface area contributed by atoms with Crippen LogP contribution in [0.15, 0.2) is 53.2 Å². The summed E-state index contributed by atoms with van der Waals surface area (Å²) in [7, 11) is 0. The van der Waals surface area contributed by atoms with E-state index in [9.17, 15) is 4.79 Å². The normalized spacial score (nSPS) is 18.0. The number of pyridine rings is 1. The minimum absolute atomic E-state index is 0.0449. The molecule has 0 spiro atoms. The number of fused-ring (bicyclic) bond motifs is 1. The second-order valence-corrected chi connectivity index (χ2v) is 6.38. The fourth-order valence-corrected chi connectivity index (χ4v) is 3.61. The molecule has 3 heterocycles. The van der Waals surface area contributed by atoms with E-state index in [1.165, 1.54) is 0 Å². The van der Waals surface area contributed by atoms with Gasteiger partial charge in [0.15, 0.2) is 0 Å². The molecule has 4 rings (SSSR count). The maximum Gasteiger partial charge on any atom is 0.258 e. The van der Waals surface area contributed by atoms with Gasteiger partial charge in [0, 0.05) is 24.3 Å². The zero-order valence-corrected chi connectivity index (χ0v) is 13.7. The molecule has 0 saturated carbocycles. The lowest BCUT2D eigenvalue weighted by Crippen LogP contribution is -2.38. The lowest BCUT2D eigenvalue weighted by atomic mass is 9.95. The molecule has 0 radical (unpaired) electrons. The Bertz CT molecular complexity index is 870. The first-order valence-electron chi connectivity index (χ1n) is 8.44. The second-order valence-electron chi connectivity index (χ2n) is 6.38. The summed E-state index contributed by atoms with van der Waals surface area (Å²) in [6.45, 7) is 2.68. The molecule has 0 N–H and O–H groups in total. The molecule has 0 aliphatic carbocycles. The Morgan fingerprint density at radius 2 is 2.17 bits per heavy atom. The van der Waals surface area contributed by atoms with E-state index in [0.29, 0.717) is 11.1 Å². The fraction of sp³-hybridized carbons (Fsp3) is 0.300. The highest BCUT2D eigenvalue weighted by molar-refractivity contribution is 6.05. The minimum atomic E-state index is 0.0449. The summed E-state index contributed by atoms with van der Waals surface area (Å²) in [5.41, 5.74) is 2.44. The fourth-order valence-electron chi connectivity index (χ4n) is 3.61. The van der Waals surface area contributed by atoms with Gasteiger partial charge in [-0.05, 0) is 49.9 Å². The van der Waals surface area contributed by atoms with Gasteiger partial charge in [-0.3, -0.25) is 9.78 Å². The molecule has 2 aromatic heterocycles. The smallest absolute Gasteiger partial charge is 0.258 e. The van der Waals surface area contributed by atoms with Gasteiger partial charge in [-0.15, -0.1) is 0 Å². The van der Waals surface area contributed by atoms with Crippen molar-refractivity contribution in [2.45, 2.75) is 32.2 Å². The predicted molar refractivity (Wildman–Crippen MR) is 92.8 cm³/mol. The number of hydrogen-bond donors (Lipinski definition) is 0. The highest BCUT2D eigenvalue weighted by atomic mass is 16.3. The van der Waals surface area contributed by atoms with Crippen LogP contribution in [0.4, 0.5) is 0 Å². The summed E-state index contributed by atoms with van der Waals surface area (Å²) >= 11 is 0. The highest BCUT2D eigenvalue weighted by Crippen LogP contribution is 2.33. The van der Waals surface area contributed by atoms with Gasteiger partial charge in [0.1, 0.15) is 11.3 Å². The number of piperidine rings is 1. The van der Waals surface area contributed by atoms with Gasteiger partial charge in [0.25, 0.3) is 5.91 Å². The van der Waals surface area contributed by atoms with Crippen molar-refractivity contribution in [2.24, 2.45) is 0 Å². The number of aromatic nitrogens is 1. The van der Waals surface area contributed by atoms with Crippen molar-refractivity contribution in [1.82, 2.24) is 9.88 Å². The molecule has 1 aliphatic heterocycles. The maximum absolute atomic E-state index is 13.3. The van der Waals surface area contributed by atoms with E-state index < -0.39 is 0 Å². The van der Waals surface area contributed by atoms with Crippen molar-refractivity contribution in [3.63, 3.8) is 0 Å². The van der Waals surface area contributed by atoms with Gasteiger partial charge in [-0.2, -0.15) is 0 Å². The third-order valence-corrected chi connectivity index (χ3v) is 4.73. The molecule has 1 aromatic carbocycles. The molecule has 3 aromatic rings. The third kappa shape index (κ3) is 2.58. The number of nitrogens with zero attached hydrogens (tertiary/aromatic N) is 2. The van der Waals surface area contributed by atoms with E-state index in [2.05, 4.69) is 11.1 Å². The first-order valence-corrected chi connectivity index (χ1v) is 8.44. The topological polar surface area (TPSA) is 46.3 Å². The van der Waals surface area contributed by atoms with Gasteiger partial charge in [0.05, 0.1) is 11.6 Å². The van der Waals surface area contributed by atoms with E-state index in [4.69, 9.17) is 4.42 Å². The number of para-hydroxylation sites is 1. The molecule has 0 bridgehead atoms. The summed E-state index contributed by atoms with van der Waals surface area (Å²) in [6.07, 6.45) is 6.78. The average molecular weight is 320 g/mol. The molecule has 1 atom stereocenters. The van der Waals surface area contributed by atoms with Gasteiger partial charge in [0.2, 0.25) is 0 Å². The zero-order valence-electron chi connectivity index (χ0n) is 13.7. The molecule has 4 nitrogen and oxygen atoms in total. The van der Waals surface area contributed by atoms with Crippen LogP contribution in [0.5, 0.6) is 0 Å². The first-order chi connectivity index (χ1) is 11.7. The second kappa shape index (κ2) is 6.11. The van der Waals surface area contributed by atoms with Crippen LogP contribution >= 0.6 is 0 Å². The summed E-state index contributed by atoms with van der Waals surface area (Å²) in [4.78, 5) is 19.5. The van der Waals surface area contributed by atoms with Crippen LogP contribution in [0.25, 0.3) is 11.0 Å². The molecule has 0 unspecified atom stereocenters. The van der Waals surface area contributed by atoms with Crippen LogP contribution < -0.4 is 0 Å². The number of rotatable bonds is 2. The minimum Gasteiger partial charge on any atom is -0.461 e. The number of amides is 1. The predicted octanol–water partition coefficient (Wildman–Crippen LogP) is 4.50. The van der Waals surface area contributed by atoms with Crippen LogP contribution in [0, 0.1) is 6.92 Å². The van der Waals surface area contributed by atoms with Gasteiger partial charge in [-0.1, -0.05) is 18.2 Å². The van der Waals surface area contributed by atoms with E-state index in [1.807, 2.05) is 48.4 Å². The van der Waals surface area contributed by atoms with Gasteiger partial charge < -0.3 is 9.32 Å². The number of benzene rings is 1. The SMILES string of the molecule is Cc1cc2cccc(C(=O)N3CCCC[C@H]3c3cccnc3)c2o1. The molecule has 24 heavy (non-hydrogen) atoms. The molecular formula is C20H20N2O2.